The number of carbonyl (C=O) groups excluding carboxylic acids is 2. The summed E-state index contributed by atoms with van der Waals surface area (Å²) >= 11 is 0. The van der Waals surface area contributed by atoms with Gasteiger partial charge in [0.05, 0.1) is 27.2 Å². The van der Waals surface area contributed by atoms with Crippen molar-refractivity contribution >= 4 is 18.0 Å². The zero-order chi connectivity index (χ0) is 18.9. The molecule has 1 saturated carbocycles. The summed E-state index contributed by atoms with van der Waals surface area (Å²) in [6.45, 7) is 3.18. The van der Waals surface area contributed by atoms with E-state index in [-0.39, 0.29) is 18.3 Å². The van der Waals surface area contributed by atoms with Gasteiger partial charge in [0, 0.05) is 30.8 Å². The summed E-state index contributed by atoms with van der Waals surface area (Å²) in [6, 6.07) is 5.42. The number of rotatable bonds is 10. The molecule has 1 fully saturated rings. The van der Waals surface area contributed by atoms with E-state index in [1.807, 2.05) is 12.1 Å². The lowest BCUT2D eigenvalue weighted by molar-refractivity contribution is -0.143. The minimum absolute atomic E-state index is 0.112. The first-order valence-electron chi connectivity index (χ1n) is 8.92. The number of esters is 1. The van der Waals surface area contributed by atoms with Crippen molar-refractivity contribution in [3.63, 3.8) is 0 Å². The standard InChI is InChI=1S/C20H27NO5/c1-4-26-20(23)11-12-21(14-15-5-6-15)19(22)10-8-16-7-9-17(24-2)13-18(16)25-3/h7-10,13,15H,4-6,11-12,14H2,1-3H3/b10-8+. The van der Waals surface area contributed by atoms with Crippen LogP contribution in [0.2, 0.25) is 0 Å². The van der Waals surface area contributed by atoms with E-state index in [1.165, 1.54) is 6.08 Å². The Morgan fingerprint density at radius 3 is 2.62 bits per heavy atom. The van der Waals surface area contributed by atoms with Crippen LogP contribution in [0, 0.1) is 5.92 Å². The highest BCUT2D eigenvalue weighted by molar-refractivity contribution is 5.92. The van der Waals surface area contributed by atoms with Crippen molar-refractivity contribution in [1.82, 2.24) is 4.90 Å². The summed E-state index contributed by atoms with van der Waals surface area (Å²) in [7, 11) is 3.17. The Labute approximate surface area is 154 Å². The third-order valence-corrected chi connectivity index (χ3v) is 4.22. The Bertz CT molecular complexity index is 652. The summed E-state index contributed by atoms with van der Waals surface area (Å²) in [5.41, 5.74) is 0.790. The number of hydrogen-bond acceptors (Lipinski definition) is 5. The van der Waals surface area contributed by atoms with Gasteiger partial charge in [0.15, 0.2) is 0 Å². The first kappa shape index (κ1) is 19.8. The van der Waals surface area contributed by atoms with Gasteiger partial charge in [0.2, 0.25) is 5.91 Å². The first-order chi connectivity index (χ1) is 12.6. The lowest BCUT2D eigenvalue weighted by Gasteiger charge is -2.20. The van der Waals surface area contributed by atoms with Crippen LogP contribution in [-0.2, 0) is 14.3 Å². The van der Waals surface area contributed by atoms with Crippen molar-refractivity contribution in [3.05, 3.63) is 29.8 Å². The first-order valence-corrected chi connectivity index (χ1v) is 8.92. The fraction of sp³-hybridized carbons (Fsp3) is 0.500. The second kappa shape index (κ2) is 9.85. The van der Waals surface area contributed by atoms with E-state index >= 15 is 0 Å². The van der Waals surface area contributed by atoms with Crippen LogP contribution in [0.4, 0.5) is 0 Å². The fourth-order valence-electron chi connectivity index (χ4n) is 2.59. The molecule has 0 unspecified atom stereocenters. The Kier molecular flexibility index (Phi) is 7.51. The molecule has 0 heterocycles. The molecule has 0 spiro atoms. The summed E-state index contributed by atoms with van der Waals surface area (Å²) in [4.78, 5) is 25.9. The molecule has 0 saturated heterocycles. The highest BCUT2D eigenvalue weighted by atomic mass is 16.5. The molecule has 142 valence electrons. The van der Waals surface area contributed by atoms with Crippen LogP contribution in [0.15, 0.2) is 24.3 Å². The van der Waals surface area contributed by atoms with E-state index < -0.39 is 0 Å². The normalized spacial score (nSPS) is 13.5. The summed E-state index contributed by atoms with van der Waals surface area (Å²) < 4.78 is 15.5. The SMILES string of the molecule is CCOC(=O)CCN(CC1CC1)C(=O)/C=C/c1ccc(OC)cc1OC. The zero-order valence-corrected chi connectivity index (χ0v) is 15.7. The number of carbonyl (C=O) groups is 2. The van der Waals surface area contributed by atoms with Gasteiger partial charge in [-0.2, -0.15) is 0 Å². The van der Waals surface area contributed by atoms with E-state index in [0.717, 1.165) is 18.4 Å². The second-order valence-electron chi connectivity index (χ2n) is 6.22. The highest BCUT2D eigenvalue weighted by Crippen LogP contribution is 2.30. The Balaban J connectivity index is 2.03. The van der Waals surface area contributed by atoms with Gasteiger partial charge in [-0.25, -0.2) is 0 Å². The Morgan fingerprint density at radius 1 is 1.23 bits per heavy atom. The predicted octanol–water partition coefficient (Wildman–Crippen LogP) is 2.91. The number of hydrogen-bond donors (Lipinski definition) is 0. The molecule has 0 atom stereocenters. The van der Waals surface area contributed by atoms with Crippen LogP contribution in [0.25, 0.3) is 6.08 Å². The molecule has 0 radical (unpaired) electrons. The number of amides is 1. The van der Waals surface area contributed by atoms with Crippen LogP contribution in [0.5, 0.6) is 11.5 Å². The van der Waals surface area contributed by atoms with Gasteiger partial charge in [0.25, 0.3) is 0 Å². The van der Waals surface area contributed by atoms with Crippen molar-refractivity contribution < 1.29 is 23.8 Å². The summed E-state index contributed by atoms with van der Waals surface area (Å²) in [5, 5.41) is 0. The van der Waals surface area contributed by atoms with E-state index in [4.69, 9.17) is 14.2 Å². The monoisotopic (exact) mass is 361 g/mol. The van der Waals surface area contributed by atoms with Crippen LogP contribution >= 0.6 is 0 Å². The lowest BCUT2D eigenvalue weighted by atomic mass is 10.1. The van der Waals surface area contributed by atoms with Crippen LogP contribution in [0.3, 0.4) is 0 Å². The molecule has 2 rings (SSSR count). The third kappa shape index (κ3) is 6.10. The molecule has 0 N–H and O–H groups in total. The minimum atomic E-state index is -0.276. The van der Waals surface area contributed by atoms with Crippen molar-refractivity contribution in [2.75, 3.05) is 33.9 Å². The molecule has 1 aliphatic rings. The molecular weight excluding hydrogens is 334 g/mol. The minimum Gasteiger partial charge on any atom is -0.497 e. The van der Waals surface area contributed by atoms with Gasteiger partial charge in [0.1, 0.15) is 11.5 Å². The second-order valence-corrected chi connectivity index (χ2v) is 6.22. The largest absolute Gasteiger partial charge is 0.497 e. The van der Waals surface area contributed by atoms with Gasteiger partial charge in [-0.05, 0) is 43.9 Å². The molecule has 0 aromatic heterocycles. The van der Waals surface area contributed by atoms with E-state index in [0.29, 0.717) is 37.1 Å². The van der Waals surface area contributed by atoms with E-state index in [2.05, 4.69) is 0 Å². The molecule has 26 heavy (non-hydrogen) atoms. The number of methoxy groups -OCH3 is 2. The Morgan fingerprint density at radius 2 is 2.00 bits per heavy atom. The Hall–Kier alpha value is -2.50. The average Bonchev–Trinajstić information content (AvgIpc) is 3.47. The van der Waals surface area contributed by atoms with Crippen LogP contribution < -0.4 is 9.47 Å². The van der Waals surface area contributed by atoms with Gasteiger partial charge in [-0.1, -0.05) is 0 Å². The molecule has 0 bridgehead atoms. The van der Waals surface area contributed by atoms with E-state index in [9.17, 15) is 9.59 Å². The number of ether oxygens (including phenoxy) is 3. The molecule has 1 aromatic rings. The molecule has 1 aromatic carbocycles. The fourth-order valence-corrected chi connectivity index (χ4v) is 2.59. The molecule has 1 amide bonds. The maximum absolute atomic E-state index is 12.6. The van der Waals surface area contributed by atoms with Gasteiger partial charge in [-0.15, -0.1) is 0 Å². The quantitative estimate of drug-likeness (QED) is 0.474. The molecule has 0 aliphatic heterocycles. The van der Waals surface area contributed by atoms with Crippen molar-refractivity contribution in [2.24, 2.45) is 5.92 Å². The average molecular weight is 361 g/mol. The van der Waals surface area contributed by atoms with Crippen LogP contribution in [0.1, 0.15) is 31.7 Å². The number of nitrogens with zero attached hydrogens (tertiary/aromatic N) is 1. The molecular formula is C20H27NO5. The molecule has 1 aliphatic carbocycles. The van der Waals surface area contributed by atoms with Crippen molar-refractivity contribution in [2.45, 2.75) is 26.2 Å². The number of benzene rings is 1. The summed E-state index contributed by atoms with van der Waals surface area (Å²) in [6.07, 6.45) is 5.74. The third-order valence-electron chi connectivity index (χ3n) is 4.22. The topological polar surface area (TPSA) is 65.1 Å². The molecule has 6 nitrogen and oxygen atoms in total. The zero-order valence-electron chi connectivity index (χ0n) is 15.7. The van der Waals surface area contributed by atoms with Crippen LogP contribution in [-0.4, -0.2) is 50.7 Å². The maximum atomic E-state index is 12.6. The summed E-state index contributed by atoms with van der Waals surface area (Å²) in [5.74, 6) is 1.48. The van der Waals surface area contributed by atoms with Gasteiger partial charge >= 0.3 is 5.97 Å². The predicted molar refractivity (Wildman–Crippen MR) is 99.1 cm³/mol. The van der Waals surface area contributed by atoms with Gasteiger partial charge < -0.3 is 19.1 Å². The van der Waals surface area contributed by atoms with Crippen molar-refractivity contribution in [1.29, 1.82) is 0 Å². The van der Waals surface area contributed by atoms with E-state index in [1.54, 1.807) is 38.2 Å². The van der Waals surface area contributed by atoms with Gasteiger partial charge in [-0.3, -0.25) is 9.59 Å². The highest BCUT2D eigenvalue weighted by Gasteiger charge is 2.26. The lowest BCUT2D eigenvalue weighted by Crippen LogP contribution is -2.33. The molecule has 6 heteroatoms. The maximum Gasteiger partial charge on any atom is 0.307 e. The van der Waals surface area contributed by atoms with Crippen molar-refractivity contribution in [3.8, 4) is 11.5 Å². The smallest absolute Gasteiger partial charge is 0.307 e.